The maximum atomic E-state index is 13.7. The molecule has 132 valence electrons. The van der Waals surface area contributed by atoms with Gasteiger partial charge in [-0.05, 0) is 36.4 Å². The standard InChI is InChI=1S/C19H15FN2O3S/c20-16-11-5-7-13-18(16)21-19(23)15-10-4-6-12-17(15)22-26(24,25)14-8-2-1-3-9-14/h1-13,22H,(H,21,23). The number of benzene rings is 3. The first kappa shape index (κ1) is 17.6. The zero-order chi connectivity index (χ0) is 18.6. The lowest BCUT2D eigenvalue weighted by atomic mass is 10.1. The summed E-state index contributed by atoms with van der Waals surface area (Å²) in [6, 6.07) is 19.7. The van der Waals surface area contributed by atoms with Crippen molar-refractivity contribution in [1.82, 2.24) is 0 Å². The molecule has 0 spiro atoms. The van der Waals surface area contributed by atoms with Crippen molar-refractivity contribution < 1.29 is 17.6 Å². The Balaban J connectivity index is 1.89. The largest absolute Gasteiger partial charge is 0.319 e. The summed E-state index contributed by atoms with van der Waals surface area (Å²) in [5.41, 5.74) is 0.193. The fraction of sp³-hybridized carbons (Fsp3) is 0. The minimum Gasteiger partial charge on any atom is -0.319 e. The molecule has 0 saturated carbocycles. The number of carbonyl (C=O) groups is 1. The number of para-hydroxylation sites is 2. The predicted octanol–water partition coefficient (Wildman–Crippen LogP) is 3.88. The first-order valence-electron chi connectivity index (χ1n) is 7.70. The molecule has 0 atom stereocenters. The van der Waals surface area contributed by atoms with Gasteiger partial charge in [0.05, 0.1) is 21.8 Å². The van der Waals surface area contributed by atoms with Gasteiger partial charge >= 0.3 is 0 Å². The lowest BCUT2D eigenvalue weighted by Gasteiger charge is -2.13. The molecule has 0 aliphatic rings. The van der Waals surface area contributed by atoms with Crippen LogP contribution < -0.4 is 10.0 Å². The van der Waals surface area contributed by atoms with Crippen LogP contribution in [0.25, 0.3) is 0 Å². The van der Waals surface area contributed by atoms with E-state index in [-0.39, 0.29) is 21.8 Å². The zero-order valence-electron chi connectivity index (χ0n) is 13.5. The van der Waals surface area contributed by atoms with Gasteiger partial charge in [-0.3, -0.25) is 9.52 Å². The number of carbonyl (C=O) groups excluding carboxylic acids is 1. The third-order valence-corrected chi connectivity index (χ3v) is 4.97. The SMILES string of the molecule is O=C(Nc1ccccc1F)c1ccccc1NS(=O)(=O)c1ccccc1. The van der Waals surface area contributed by atoms with Crippen molar-refractivity contribution in [1.29, 1.82) is 0 Å². The highest BCUT2D eigenvalue weighted by Gasteiger charge is 2.19. The van der Waals surface area contributed by atoms with Crippen LogP contribution >= 0.6 is 0 Å². The number of halogens is 1. The minimum atomic E-state index is -3.85. The van der Waals surface area contributed by atoms with Gasteiger partial charge < -0.3 is 5.32 Å². The normalized spacial score (nSPS) is 11.0. The number of nitrogens with one attached hydrogen (secondary N) is 2. The van der Waals surface area contributed by atoms with Crippen LogP contribution in [-0.2, 0) is 10.0 Å². The van der Waals surface area contributed by atoms with E-state index in [9.17, 15) is 17.6 Å². The van der Waals surface area contributed by atoms with E-state index in [0.717, 1.165) is 0 Å². The Bertz CT molecular complexity index is 1040. The summed E-state index contributed by atoms with van der Waals surface area (Å²) < 4.78 is 41.1. The third-order valence-electron chi connectivity index (χ3n) is 3.59. The monoisotopic (exact) mass is 370 g/mol. The van der Waals surface area contributed by atoms with Crippen molar-refractivity contribution in [2.24, 2.45) is 0 Å². The zero-order valence-corrected chi connectivity index (χ0v) is 14.3. The Labute approximate surface area is 150 Å². The maximum Gasteiger partial charge on any atom is 0.261 e. The first-order valence-corrected chi connectivity index (χ1v) is 9.18. The second-order valence-corrected chi connectivity index (χ2v) is 7.08. The number of hydrogen-bond donors (Lipinski definition) is 2. The molecule has 1 amide bonds. The molecule has 26 heavy (non-hydrogen) atoms. The van der Waals surface area contributed by atoms with Gasteiger partial charge in [0.1, 0.15) is 5.82 Å². The average molecular weight is 370 g/mol. The van der Waals surface area contributed by atoms with E-state index < -0.39 is 21.7 Å². The first-order chi connectivity index (χ1) is 12.5. The molecule has 3 aromatic rings. The summed E-state index contributed by atoms with van der Waals surface area (Å²) in [6.45, 7) is 0. The van der Waals surface area contributed by atoms with Crippen molar-refractivity contribution in [3.8, 4) is 0 Å². The van der Waals surface area contributed by atoms with E-state index in [1.165, 1.54) is 42.5 Å². The maximum absolute atomic E-state index is 13.7. The van der Waals surface area contributed by atoms with E-state index in [1.807, 2.05) is 0 Å². The molecule has 0 aliphatic carbocycles. The summed E-state index contributed by atoms with van der Waals surface area (Å²) in [7, 11) is -3.85. The molecule has 7 heteroatoms. The van der Waals surface area contributed by atoms with Crippen LogP contribution in [0.2, 0.25) is 0 Å². The fourth-order valence-corrected chi connectivity index (χ4v) is 3.43. The van der Waals surface area contributed by atoms with Crippen LogP contribution in [-0.4, -0.2) is 14.3 Å². The highest BCUT2D eigenvalue weighted by atomic mass is 32.2. The lowest BCUT2D eigenvalue weighted by Crippen LogP contribution is -2.19. The Morgan fingerprint density at radius 1 is 0.769 bits per heavy atom. The summed E-state index contributed by atoms with van der Waals surface area (Å²) in [5.74, 6) is -1.20. The fourth-order valence-electron chi connectivity index (χ4n) is 2.33. The van der Waals surface area contributed by atoms with Crippen molar-refractivity contribution in [3.05, 3.63) is 90.2 Å². The number of sulfonamides is 1. The van der Waals surface area contributed by atoms with Gasteiger partial charge in [-0.1, -0.05) is 42.5 Å². The highest BCUT2D eigenvalue weighted by Crippen LogP contribution is 2.22. The van der Waals surface area contributed by atoms with Crippen LogP contribution in [0.1, 0.15) is 10.4 Å². The Hall–Kier alpha value is -3.19. The topological polar surface area (TPSA) is 75.3 Å². The third kappa shape index (κ3) is 3.89. The molecule has 0 aliphatic heterocycles. The second-order valence-electron chi connectivity index (χ2n) is 5.40. The average Bonchev–Trinajstić information content (AvgIpc) is 2.64. The molecule has 0 unspecified atom stereocenters. The number of amides is 1. The molecule has 3 aromatic carbocycles. The van der Waals surface area contributed by atoms with Crippen LogP contribution in [0.15, 0.2) is 83.8 Å². The van der Waals surface area contributed by atoms with Crippen molar-refractivity contribution >= 4 is 27.3 Å². The van der Waals surface area contributed by atoms with Crippen molar-refractivity contribution in [2.45, 2.75) is 4.90 Å². The van der Waals surface area contributed by atoms with Gasteiger partial charge in [-0.25, -0.2) is 12.8 Å². The summed E-state index contributed by atoms with van der Waals surface area (Å²) in [5, 5.41) is 2.44. The van der Waals surface area contributed by atoms with Crippen LogP contribution in [0.3, 0.4) is 0 Å². The minimum absolute atomic E-state index is 0.0122. The number of anilines is 2. The molecule has 2 N–H and O–H groups in total. The number of rotatable bonds is 5. The molecule has 0 saturated heterocycles. The van der Waals surface area contributed by atoms with Crippen LogP contribution in [0, 0.1) is 5.82 Å². The number of hydrogen-bond acceptors (Lipinski definition) is 3. The lowest BCUT2D eigenvalue weighted by molar-refractivity contribution is 0.102. The molecule has 0 bridgehead atoms. The van der Waals surface area contributed by atoms with Gasteiger partial charge in [0.15, 0.2) is 0 Å². The van der Waals surface area contributed by atoms with Gasteiger partial charge in [-0.2, -0.15) is 0 Å². The smallest absolute Gasteiger partial charge is 0.261 e. The van der Waals surface area contributed by atoms with E-state index in [0.29, 0.717) is 0 Å². The van der Waals surface area contributed by atoms with Crippen LogP contribution in [0.4, 0.5) is 15.8 Å². The molecular formula is C19H15FN2O3S. The van der Waals surface area contributed by atoms with Gasteiger partial charge in [0, 0.05) is 0 Å². The van der Waals surface area contributed by atoms with Crippen molar-refractivity contribution in [2.75, 3.05) is 10.0 Å². The highest BCUT2D eigenvalue weighted by molar-refractivity contribution is 7.92. The second kappa shape index (κ2) is 7.37. The molecule has 0 heterocycles. The van der Waals surface area contributed by atoms with E-state index in [1.54, 1.807) is 36.4 Å². The van der Waals surface area contributed by atoms with Gasteiger partial charge in [0.2, 0.25) is 0 Å². The molecular weight excluding hydrogens is 355 g/mol. The summed E-state index contributed by atoms with van der Waals surface area (Å²) in [6.07, 6.45) is 0. The quantitative estimate of drug-likeness (QED) is 0.716. The Kier molecular flexibility index (Phi) is 4.99. The van der Waals surface area contributed by atoms with E-state index in [2.05, 4.69) is 10.0 Å². The molecule has 0 radical (unpaired) electrons. The Morgan fingerprint density at radius 2 is 1.35 bits per heavy atom. The van der Waals surface area contributed by atoms with Gasteiger partial charge in [0.25, 0.3) is 15.9 Å². The van der Waals surface area contributed by atoms with Crippen molar-refractivity contribution in [3.63, 3.8) is 0 Å². The van der Waals surface area contributed by atoms with Crippen LogP contribution in [0.5, 0.6) is 0 Å². The molecule has 5 nitrogen and oxygen atoms in total. The van der Waals surface area contributed by atoms with E-state index in [4.69, 9.17) is 0 Å². The summed E-state index contributed by atoms with van der Waals surface area (Å²) in [4.78, 5) is 12.6. The summed E-state index contributed by atoms with van der Waals surface area (Å²) >= 11 is 0. The molecule has 3 rings (SSSR count). The predicted molar refractivity (Wildman–Crippen MR) is 98.0 cm³/mol. The Morgan fingerprint density at radius 3 is 2.04 bits per heavy atom. The molecule has 0 aromatic heterocycles. The van der Waals surface area contributed by atoms with E-state index >= 15 is 0 Å². The molecule has 0 fully saturated rings. The van der Waals surface area contributed by atoms with Gasteiger partial charge in [-0.15, -0.1) is 0 Å².